The van der Waals surface area contributed by atoms with Crippen LogP contribution in [0, 0.1) is 0 Å². The molecule has 0 atom stereocenters. The Kier molecular flexibility index (Phi) is 6.11. The number of H-pyrrole nitrogens is 1. The first-order chi connectivity index (χ1) is 15.7. The van der Waals surface area contributed by atoms with Gasteiger partial charge in [-0.1, -0.05) is 18.2 Å². The van der Waals surface area contributed by atoms with Crippen LogP contribution in [0.5, 0.6) is 0 Å². The number of rotatable bonds is 8. The van der Waals surface area contributed by atoms with Crippen molar-refractivity contribution in [3.63, 3.8) is 0 Å². The van der Waals surface area contributed by atoms with Crippen LogP contribution in [0.25, 0.3) is 22.2 Å². The average molecular weight is 491 g/mol. The number of azo groups is 1. The van der Waals surface area contributed by atoms with Gasteiger partial charge in [0.05, 0.1) is 27.2 Å². The number of aromatic nitrogens is 2. The third-order valence-electron chi connectivity index (χ3n) is 5.03. The van der Waals surface area contributed by atoms with Crippen molar-refractivity contribution < 1.29 is 16.8 Å². The molecule has 1 aliphatic heterocycles. The molecular formula is C19H22N8O4S2. The average Bonchev–Trinajstić information content (AvgIpc) is 3.41. The molecule has 0 bridgehead atoms. The predicted octanol–water partition coefficient (Wildman–Crippen LogP) is 0.281. The molecule has 0 spiro atoms. The first kappa shape index (κ1) is 23.1. The van der Waals surface area contributed by atoms with Crippen molar-refractivity contribution in [2.75, 3.05) is 25.5 Å². The first-order valence-electron chi connectivity index (χ1n) is 9.90. The fourth-order valence-electron chi connectivity index (χ4n) is 3.72. The molecule has 14 heteroatoms. The van der Waals surface area contributed by atoms with Crippen molar-refractivity contribution in [1.82, 2.24) is 9.97 Å². The maximum Gasteiger partial charge on any atom is 0.240 e. The van der Waals surface area contributed by atoms with Crippen LogP contribution >= 0.6 is 0 Å². The molecule has 2 aromatic carbocycles. The van der Waals surface area contributed by atoms with Crippen molar-refractivity contribution in [2.45, 2.75) is 16.2 Å². The summed E-state index contributed by atoms with van der Waals surface area (Å²) in [5.41, 5.74) is 13.2. The molecule has 0 aliphatic carbocycles. The van der Waals surface area contributed by atoms with Crippen LogP contribution in [-0.4, -0.2) is 58.2 Å². The lowest BCUT2D eigenvalue weighted by molar-refractivity contribution is 0.583. The zero-order valence-corrected chi connectivity index (χ0v) is 19.0. The topological polar surface area (TPSA) is 212 Å². The highest BCUT2D eigenvalue weighted by molar-refractivity contribution is 7.93. The lowest BCUT2D eigenvalue weighted by Crippen LogP contribution is -2.24. The summed E-state index contributed by atoms with van der Waals surface area (Å²) in [6.07, 6.45) is 0.514. The molecule has 4 rings (SSSR count). The number of hydrogen-bond acceptors (Lipinski definition) is 10. The normalized spacial score (nSPS) is 14.2. The third-order valence-corrected chi connectivity index (χ3v) is 7.94. The Bertz CT molecular complexity index is 1510. The minimum absolute atomic E-state index is 0.0220. The lowest BCUT2D eigenvalue weighted by Gasteiger charge is -2.17. The maximum absolute atomic E-state index is 12.9. The van der Waals surface area contributed by atoms with Crippen molar-refractivity contribution in [3.8, 4) is 11.1 Å². The van der Waals surface area contributed by atoms with E-state index in [-0.39, 0.29) is 24.6 Å². The fraction of sp³-hybridized carbons (Fsp3) is 0.263. The van der Waals surface area contributed by atoms with Gasteiger partial charge < -0.3 is 16.5 Å². The van der Waals surface area contributed by atoms with E-state index in [1.807, 2.05) is 6.07 Å². The van der Waals surface area contributed by atoms with Gasteiger partial charge in [0.15, 0.2) is 22.3 Å². The minimum Gasteiger partial charge on any atom is -0.342 e. The van der Waals surface area contributed by atoms with Crippen LogP contribution in [0.4, 0.5) is 0 Å². The second-order valence-electron chi connectivity index (χ2n) is 7.26. The smallest absolute Gasteiger partial charge is 0.240 e. The number of nitrogens with zero attached hydrogens (tertiary/aromatic N) is 4. The number of benzene rings is 2. The molecule has 1 aromatic heterocycles. The maximum atomic E-state index is 12.9. The van der Waals surface area contributed by atoms with Crippen LogP contribution in [0.2, 0.25) is 0 Å². The Morgan fingerprint density at radius 1 is 1.00 bits per heavy atom. The summed E-state index contributed by atoms with van der Waals surface area (Å²) in [5, 5.41) is 13.3. The molecule has 0 unspecified atom stereocenters. The van der Waals surface area contributed by atoms with Crippen molar-refractivity contribution in [1.29, 1.82) is 0 Å². The second kappa shape index (κ2) is 8.72. The number of primary sulfonamides is 1. The molecule has 174 valence electrons. The number of nitrogens with one attached hydrogen (secondary N) is 1. The van der Waals surface area contributed by atoms with E-state index in [4.69, 9.17) is 16.6 Å². The molecule has 0 saturated heterocycles. The monoisotopic (exact) mass is 490 g/mol. The molecule has 0 saturated carbocycles. The number of fused-ring (bicyclic) bond motifs is 1. The van der Waals surface area contributed by atoms with Crippen molar-refractivity contribution in [2.24, 2.45) is 31.8 Å². The van der Waals surface area contributed by atoms with Gasteiger partial charge in [0, 0.05) is 18.5 Å². The van der Waals surface area contributed by atoms with Crippen LogP contribution in [-0.2, 0) is 26.3 Å². The van der Waals surface area contributed by atoms with E-state index in [2.05, 4.69) is 25.2 Å². The van der Waals surface area contributed by atoms with Gasteiger partial charge in [0.25, 0.3) is 0 Å². The van der Waals surface area contributed by atoms with E-state index in [1.54, 1.807) is 12.1 Å². The summed E-state index contributed by atoms with van der Waals surface area (Å²) in [5.74, 6) is 0.168. The largest absolute Gasteiger partial charge is 0.342 e. The van der Waals surface area contributed by atoms with E-state index in [1.165, 1.54) is 12.1 Å². The quantitative estimate of drug-likeness (QED) is 0.346. The fourth-order valence-corrected chi connectivity index (χ4v) is 6.47. The van der Waals surface area contributed by atoms with E-state index in [9.17, 15) is 16.8 Å². The molecule has 0 radical (unpaired) electrons. The summed E-state index contributed by atoms with van der Waals surface area (Å²) >= 11 is 0. The van der Waals surface area contributed by atoms with Gasteiger partial charge in [0.1, 0.15) is 10.7 Å². The Morgan fingerprint density at radius 3 is 2.42 bits per heavy atom. The van der Waals surface area contributed by atoms with E-state index in [0.717, 1.165) is 0 Å². The van der Waals surface area contributed by atoms with Gasteiger partial charge in [-0.05, 0) is 24.2 Å². The Morgan fingerprint density at radius 2 is 1.79 bits per heavy atom. The van der Waals surface area contributed by atoms with Crippen LogP contribution in [0.1, 0.15) is 11.4 Å². The van der Waals surface area contributed by atoms with Crippen molar-refractivity contribution in [3.05, 3.63) is 41.7 Å². The summed E-state index contributed by atoms with van der Waals surface area (Å²) in [6.45, 7) is 0.174. The molecule has 0 amide bonds. The Labute approximate surface area is 190 Å². The van der Waals surface area contributed by atoms with Gasteiger partial charge in [-0.3, -0.25) is 0 Å². The zero-order chi connectivity index (χ0) is 23.8. The number of para-hydroxylation sites is 1. The first-order valence-corrected chi connectivity index (χ1v) is 13.1. The van der Waals surface area contributed by atoms with Crippen LogP contribution < -0.4 is 16.6 Å². The molecule has 3 aromatic rings. The van der Waals surface area contributed by atoms with Gasteiger partial charge in [-0.2, -0.15) is 5.11 Å². The predicted molar refractivity (Wildman–Crippen MR) is 123 cm³/mol. The number of amidine groups is 1. The summed E-state index contributed by atoms with van der Waals surface area (Å²) in [4.78, 5) is 10.9. The van der Waals surface area contributed by atoms with Gasteiger partial charge in [0.2, 0.25) is 10.0 Å². The third kappa shape index (κ3) is 4.30. The number of imidazole rings is 1. The number of nitrogens with two attached hydrogens (primary N) is 3. The standard InChI is InChI=1S/C19H22N8O4S2/c20-7-6-15-25-13-3-1-2-12(17(13)26-15)11-4-5-14(32(28,29)9-8-21)18(33(22,30)31)16(11)19-23-10-24-27-19/h1-5H,6-10,20-21H2,(H,25,26)(H2,22,30,31). The number of aliphatic imine (C=N–C) groups is 1. The summed E-state index contributed by atoms with van der Waals surface area (Å²) < 4.78 is 51.2. The number of sulfonamides is 1. The lowest BCUT2D eigenvalue weighted by atomic mass is 9.97. The van der Waals surface area contributed by atoms with Crippen molar-refractivity contribution >= 4 is 36.7 Å². The Hall–Kier alpha value is -3.04. The highest BCUT2D eigenvalue weighted by Gasteiger charge is 2.32. The molecule has 7 N–H and O–H groups in total. The SMILES string of the molecule is NCCc1nc2c(-c3ccc(S(=O)(=O)CCN)c(S(N)(=O)=O)c3C3=NCN=N3)cccc2[nH]1. The molecule has 2 heterocycles. The van der Waals surface area contributed by atoms with Crippen LogP contribution in [0.3, 0.4) is 0 Å². The van der Waals surface area contributed by atoms with Gasteiger partial charge in [-0.25, -0.2) is 32.0 Å². The highest BCUT2D eigenvalue weighted by atomic mass is 32.2. The number of aromatic amines is 1. The molecule has 12 nitrogen and oxygen atoms in total. The van der Waals surface area contributed by atoms with E-state index in [0.29, 0.717) is 41.0 Å². The van der Waals surface area contributed by atoms with Gasteiger partial charge in [-0.15, -0.1) is 5.11 Å². The minimum atomic E-state index is -4.54. The highest BCUT2D eigenvalue weighted by Crippen LogP contribution is 2.37. The molecule has 0 fully saturated rings. The summed E-state index contributed by atoms with van der Waals surface area (Å²) in [7, 11) is -8.61. The number of hydrogen-bond donors (Lipinski definition) is 4. The van der Waals surface area contributed by atoms with E-state index >= 15 is 0 Å². The zero-order valence-electron chi connectivity index (χ0n) is 17.4. The molecule has 33 heavy (non-hydrogen) atoms. The second-order valence-corrected chi connectivity index (χ2v) is 10.8. The van der Waals surface area contributed by atoms with Gasteiger partial charge >= 0.3 is 0 Å². The van der Waals surface area contributed by atoms with Crippen LogP contribution in [0.15, 0.2) is 55.3 Å². The Balaban J connectivity index is 2.12. The summed E-state index contributed by atoms with van der Waals surface area (Å²) in [6, 6.07) is 8.03. The molecular weight excluding hydrogens is 468 g/mol. The number of sulfone groups is 1. The molecule has 1 aliphatic rings. The van der Waals surface area contributed by atoms with E-state index < -0.39 is 35.4 Å².